The topological polar surface area (TPSA) is 57.8 Å². The van der Waals surface area contributed by atoms with Gasteiger partial charge in [-0.3, -0.25) is 4.79 Å². The lowest BCUT2D eigenvalue weighted by atomic mass is 9.85. The molecule has 4 nitrogen and oxygen atoms in total. The molecular formula is C36H35O4+. The lowest BCUT2D eigenvalue weighted by Gasteiger charge is -2.28. The highest BCUT2D eigenvalue weighted by Gasteiger charge is 2.36. The molecule has 2 heterocycles. The summed E-state index contributed by atoms with van der Waals surface area (Å²) in [4.78, 5) is 13.3. The Morgan fingerprint density at radius 1 is 0.750 bits per heavy atom. The van der Waals surface area contributed by atoms with E-state index in [1.807, 2.05) is 84.9 Å². The van der Waals surface area contributed by atoms with Gasteiger partial charge in [-0.2, -0.15) is 0 Å². The third kappa shape index (κ3) is 5.62. The summed E-state index contributed by atoms with van der Waals surface area (Å²) in [6.45, 7) is 12.5. The fraction of sp³-hybridized carbons (Fsp3) is 0.222. The van der Waals surface area contributed by atoms with E-state index in [2.05, 4.69) is 41.5 Å². The van der Waals surface area contributed by atoms with E-state index in [-0.39, 0.29) is 33.5 Å². The molecule has 5 rings (SSSR count). The number of allylic oxidation sites excluding steroid dienone is 7. The number of rotatable bonds is 4. The van der Waals surface area contributed by atoms with E-state index in [1.165, 1.54) is 0 Å². The number of carbonyl (C=O) groups excluding carboxylic acids is 1. The number of Topliss-reactive ketones (excluding diaryl/α,β-unsaturated/α-hetero) is 1. The van der Waals surface area contributed by atoms with E-state index in [1.54, 1.807) is 12.2 Å². The highest BCUT2D eigenvalue weighted by atomic mass is 16.5. The lowest BCUT2D eigenvalue weighted by Crippen LogP contribution is -2.22. The molecule has 2 aromatic carbocycles. The second-order valence-electron chi connectivity index (χ2n) is 12.3. The number of hydrogen-bond donors (Lipinski definition) is 1. The van der Waals surface area contributed by atoms with Gasteiger partial charge < -0.3 is 9.84 Å². The Bertz CT molecular complexity index is 1620. The molecular weight excluding hydrogens is 496 g/mol. The zero-order chi connectivity index (χ0) is 28.7. The van der Waals surface area contributed by atoms with Crippen LogP contribution in [0.2, 0.25) is 0 Å². The maximum Gasteiger partial charge on any atom is 0.354 e. The third-order valence-corrected chi connectivity index (χ3v) is 6.89. The third-order valence-electron chi connectivity index (χ3n) is 6.89. The van der Waals surface area contributed by atoms with Gasteiger partial charge in [0.2, 0.25) is 5.78 Å². The van der Waals surface area contributed by atoms with Crippen LogP contribution in [0.15, 0.2) is 124 Å². The number of carbonyl (C=O) groups is 1. The normalized spacial score (nSPS) is 17.9. The number of ketones is 1. The van der Waals surface area contributed by atoms with Gasteiger partial charge in [0, 0.05) is 17.0 Å². The summed E-state index contributed by atoms with van der Waals surface area (Å²) in [6, 6.07) is 24.0. The smallest absolute Gasteiger partial charge is 0.354 e. The maximum absolute atomic E-state index is 13.3. The van der Waals surface area contributed by atoms with Crippen LogP contribution < -0.4 is 0 Å². The van der Waals surface area contributed by atoms with Crippen molar-refractivity contribution in [2.75, 3.05) is 0 Å². The SMILES string of the molecule is CC(C)(C)C1=CC(c2ccccc2)=C/C(=C\C2=C(O)C(=C\c3cc(-c4ccccc4)cc(C(C)(C)C)[o+]3)/C2=O)O1. The van der Waals surface area contributed by atoms with Gasteiger partial charge >= 0.3 is 11.5 Å². The Balaban J connectivity index is 1.53. The molecule has 0 saturated heterocycles. The Kier molecular flexibility index (Phi) is 6.97. The molecule has 0 bridgehead atoms. The summed E-state index contributed by atoms with van der Waals surface area (Å²) >= 11 is 0. The van der Waals surface area contributed by atoms with Crippen molar-refractivity contribution < 1.29 is 19.1 Å². The van der Waals surface area contributed by atoms with Gasteiger partial charge in [0.25, 0.3) is 0 Å². The fourth-order valence-corrected chi connectivity index (χ4v) is 4.52. The molecule has 0 amide bonds. The summed E-state index contributed by atoms with van der Waals surface area (Å²) in [5, 5.41) is 11.0. The number of hydrogen-bond acceptors (Lipinski definition) is 3. The summed E-state index contributed by atoms with van der Waals surface area (Å²) in [5.74, 6) is 2.26. The van der Waals surface area contributed by atoms with Gasteiger partial charge in [0.15, 0.2) is 0 Å². The van der Waals surface area contributed by atoms with E-state index in [0.717, 1.165) is 33.8 Å². The van der Waals surface area contributed by atoms with E-state index in [0.29, 0.717) is 11.5 Å². The van der Waals surface area contributed by atoms with Crippen LogP contribution in [0.5, 0.6) is 0 Å². The molecule has 2 aliphatic rings. The fourth-order valence-electron chi connectivity index (χ4n) is 4.52. The highest BCUT2D eigenvalue weighted by Crippen LogP contribution is 2.39. The van der Waals surface area contributed by atoms with Gasteiger partial charge in [-0.25, -0.2) is 4.42 Å². The van der Waals surface area contributed by atoms with Gasteiger partial charge in [-0.1, -0.05) is 81.4 Å². The van der Waals surface area contributed by atoms with E-state index in [9.17, 15) is 9.90 Å². The zero-order valence-electron chi connectivity index (χ0n) is 23.9. The predicted molar refractivity (Wildman–Crippen MR) is 161 cm³/mol. The zero-order valence-corrected chi connectivity index (χ0v) is 23.9. The van der Waals surface area contributed by atoms with Gasteiger partial charge in [0.05, 0.1) is 28.7 Å². The summed E-state index contributed by atoms with van der Waals surface area (Å²) in [5.41, 5.74) is 4.01. The molecule has 4 heteroatoms. The molecule has 1 aliphatic carbocycles. The van der Waals surface area contributed by atoms with Crippen LogP contribution in [0.1, 0.15) is 58.6 Å². The van der Waals surface area contributed by atoms with Crippen LogP contribution in [0.25, 0.3) is 22.8 Å². The van der Waals surface area contributed by atoms with Crippen molar-refractivity contribution in [3.63, 3.8) is 0 Å². The monoisotopic (exact) mass is 531 g/mol. The lowest BCUT2D eigenvalue weighted by molar-refractivity contribution is -0.113. The second-order valence-corrected chi connectivity index (χ2v) is 12.3. The largest absolute Gasteiger partial charge is 0.506 e. The van der Waals surface area contributed by atoms with Crippen LogP contribution in [-0.2, 0) is 14.9 Å². The van der Waals surface area contributed by atoms with Crippen molar-refractivity contribution in [3.05, 3.63) is 137 Å². The Hall–Kier alpha value is -4.44. The summed E-state index contributed by atoms with van der Waals surface area (Å²) in [6.07, 6.45) is 7.17. The first kappa shape index (κ1) is 27.1. The second kappa shape index (κ2) is 10.3. The van der Waals surface area contributed by atoms with Crippen molar-refractivity contribution in [1.82, 2.24) is 0 Å². The average molecular weight is 532 g/mol. The Morgan fingerprint density at radius 3 is 1.95 bits per heavy atom. The van der Waals surface area contributed by atoms with E-state index >= 15 is 0 Å². The molecule has 0 saturated carbocycles. The van der Waals surface area contributed by atoms with Crippen molar-refractivity contribution in [2.24, 2.45) is 5.41 Å². The summed E-state index contributed by atoms with van der Waals surface area (Å²) < 4.78 is 12.4. The minimum Gasteiger partial charge on any atom is -0.506 e. The first-order chi connectivity index (χ1) is 18.9. The molecule has 0 unspecified atom stereocenters. The summed E-state index contributed by atoms with van der Waals surface area (Å²) in [7, 11) is 0. The number of aliphatic hydroxyl groups excluding tert-OH is 1. The van der Waals surface area contributed by atoms with Crippen molar-refractivity contribution in [2.45, 2.75) is 47.0 Å². The van der Waals surface area contributed by atoms with Gasteiger partial charge in [0.1, 0.15) is 17.3 Å². The highest BCUT2D eigenvalue weighted by molar-refractivity contribution is 6.23. The van der Waals surface area contributed by atoms with Crippen molar-refractivity contribution >= 4 is 17.4 Å². The number of benzene rings is 2. The molecule has 0 spiro atoms. The Labute approximate surface area is 236 Å². The predicted octanol–water partition coefficient (Wildman–Crippen LogP) is 9.23. The quantitative estimate of drug-likeness (QED) is 0.269. The van der Waals surface area contributed by atoms with E-state index < -0.39 is 0 Å². The minimum atomic E-state index is -0.257. The molecule has 1 aromatic heterocycles. The van der Waals surface area contributed by atoms with Crippen LogP contribution in [0.3, 0.4) is 0 Å². The molecule has 0 atom stereocenters. The average Bonchev–Trinajstić information content (AvgIpc) is 2.94. The van der Waals surface area contributed by atoms with Crippen molar-refractivity contribution in [1.29, 1.82) is 0 Å². The molecule has 3 aromatic rings. The van der Waals surface area contributed by atoms with Crippen LogP contribution in [0, 0.1) is 5.41 Å². The van der Waals surface area contributed by atoms with E-state index in [4.69, 9.17) is 9.15 Å². The first-order valence-corrected chi connectivity index (χ1v) is 13.5. The minimum absolute atomic E-state index is 0.0692. The van der Waals surface area contributed by atoms with Gasteiger partial charge in [-0.15, -0.1) is 0 Å². The van der Waals surface area contributed by atoms with Gasteiger partial charge in [-0.05, 0) is 55.7 Å². The Morgan fingerprint density at radius 2 is 1.38 bits per heavy atom. The number of ether oxygens (including phenoxy) is 1. The van der Waals surface area contributed by atoms with Crippen LogP contribution in [0.4, 0.5) is 0 Å². The van der Waals surface area contributed by atoms with Crippen molar-refractivity contribution in [3.8, 4) is 11.1 Å². The molecule has 1 N–H and O–H groups in total. The van der Waals surface area contributed by atoms with Crippen LogP contribution in [-0.4, -0.2) is 10.9 Å². The molecule has 0 radical (unpaired) electrons. The molecule has 202 valence electrons. The molecule has 1 aliphatic heterocycles. The standard InChI is InChI=1S/C36H34O4/c1-35(2,3)31-19-25(23-13-9-7-10-14-23)17-27(39-31)21-29-33(37)30(34(29)38)22-28-18-26(24-15-11-8-12-16-24)20-32(40-28)36(4,5)6/h7-22H,1-6H3/p+1. The molecule has 0 fully saturated rings. The van der Waals surface area contributed by atoms with Crippen LogP contribution >= 0.6 is 0 Å². The first-order valence-electron chi connectivity index (χ1n) is 13.5. The maximum atomic E-state index is 13.3. The molecule has 40 heavy (non-hydrogen) atoms. The number of aliphatic hydroxyl groups is 1.